The lowest BCUT2D eigenvalue weighted by Crippen LogP contribution is -2.33. The van der Waals surface area contributed by atoms with E-state index in [-0.39, 0.29) is 18.3 Å². The number of benzene rings is 1. The molecule has 2 rings (SSSR count). The molecular formula is C17H20N2O3. The van der Waals surface area contributed by atoms with Gasteiger partial charge >= 0.3 is 5.97 Å². The second-order valence-electron chi connectivity index (χ2n) is 4.85. The molecule has 1 amide bonds. The van der Waals surface area contributed by atoms with Crippen LogP contribution in [0.2, 0.25) is 0 Å². The predicted octanol–water partition coefficient (Wildman–Crippen LogP) is 2.61. The molecule has 0 radical (unpaired) electrons. The zero-order chi connectivity index (χ0) is 15.8. The average molecular weight is 300 g/mol. The molecule has 2 aromatic rings. The molecule has 1 aromatic heterocycles. The first kappa shape index (κ1) is 15.8. The van der Waals surface area contributed by atoms with Gasteiger partial charge in [-0.05, 0) is 24.6 Å². The summed E-state index contributed by atoms with van der Waals surface area (Å²) in [5, 5.41) is 0. The van der Waals surface area contributed by atoms with E-state index in [4.69, 9.17) is 4.74 Å². The van der Waals surface area contributed by atoms with Gasteiger partial charge in [-0.2, -0.15) is 0 Å². The molecule has 22 heavy (non-hydrogen) atoms. The SMILES string of the molecule is CCOC(=O)CCN(Cc1ccccc1)C(=O)c1ccc[nH]1. The van der Waals surface area contributed by atoms with Crippen LogP contribution in [-0.4, -0.2) is 34.9 Å². The van der Waals surface area contributed by atoms with Crippen molar-refractivity contribution in [2.75, 3.05) is 13.2 Å². The molecule has 0 fully saturated rings. The van der Waals surface area contributed by atoms with Crippen LogP contribution in [-0.2, 0) is 16.1 Å². The number of esters is 1. The van der Waals surface area contributed by atoms with Gasteiger partial charge in [0.1, 0.15) is 5.69 Å². The summed E-state index contributed by atoms with van der Waals surface area (Å²) in [5.41, 5.74) is 1.53. The molecule has 0 atom stereocenters. The molecule has 0 spiro atoms. The van der Waals surface area contributed by atoms with Crippen molar-refractivity contribution in [3.63, 3.8) is 0 Å². The van der Waals surface area contributed by atoms with Crippen LogP contribution in [0.3, 0.4) is 0 Å². The molecule has 0 unspecified atom stereocenters. The Morgan fingerprint density at radius 1 is 1.14 bits per heavy atom. The normalized spacial score (nSPS) is 10.2. The number of carbonyl (C=O) groups is 2. The summed E-state index contributed by atoms with van der Waals surface area (Å²) >= 11 is 0. The Morgan fingerprint density at radius 3 is 2.55 bits per heavy atom. The summed E-state index contributed by atoms with van der Waals surface area (Å²) in [6, 6.07) is 13.2. The first-order valence-electron chi connectivity index (χ1n) is 7.33. The number of hydrogen-bond acceptors (Lipinski definition) is 3. The molecule has 0 aliphatic carbocycles. The van der Waals surface area contributed by atoms with Crippen LogP contribution in [0.5, 0.6) is 0 Å². The van der Waals surface area contributed by atoms with E-state index >= 15 is 0 Å². The Morgan fingerprint density at radius 2 is 1.91 bits per heavy atom. The monoisotopic (exact) mass is 300 g/mol. The number of H-pyrrole nitrogens is 1. The number of hydrogen-bond donors (Lipinski definition) is 1. The standard InChI is InChI=1S/C17H20N2O3/c1-2-22-16(20)10-12-19(13-14-7-4-3-5-8-14)17(21)15-9-6-11-18-15/h3-9,11,18H,2,10,12-13H2,1H3. The number of aromatic nitrogens is 1. The van der Waals surface area contributed by atoms with Crippen LogP contribution in [0.4, 0.5) is 0 Å². The van der Waals surface area contributed by atoms with Gasteiger partial charge in [0.2, 0.25) is 0 Å². The number of carbonyl (C=O) groups excluding carboxylic acids is 2. The highest BCUT2D eigenvalue weighted by Gasteiger charge is 2.18. The maximum atomic E-state index is 12.5. The zero-order valence-corrected chi connectivity index (χ0v) is 12.6. The number of ether oxygens (including phenoxy) is 1. The molecule has 1 aromatic carbocycles. The Hall–Kier alpha value is -2.56. The lowest BCUT2D eigenvalue weighted by atomic mass is 10.2. The quantitative estimate of drug-likeness (QED) is 0.800. The van der Waals surface area contributed by atoms with Gasteiger partial charge in [0, 0.05) is 19.3 Å². The fraction of sp³-hybridized carbons (Fsp3) is 0.294. The molecular weight excluding hydrogens is 280 g/mol. The molecule has 5 nitrogen and oxygen atoms in total. The number of rotatable bonds is 7. The van der Waals surface area contributed by atoms with Gasteiger partial charge in [0.25, 0.3) is 5.91 Å². The highest BCUT2D eigenvalue weighted by atomic mass is 16.5. The number of nitrogens with zero attached hydrogens (tertiary/aromatic N) is 1. The van der Waals surface area contributed by atoms with Crippen molar-refractivity contribution in [1.29, 1.82) is 0 Å². The summed E-state index contributed by atoms with van der Waals surface area (Å²) in [6.45, 7) is 2.90. The van der Waals surface area contributed by atoms with Gasteiger partial charge in [-0.3, -0.25) is 9.59 Å². The van der Waals surface area contributed by atoms with E-state index in [0.29, 0.717) is 25.4 Å². The van der Waals surface area contributed by atoms with E-state index in [0.717, 1.165) is 5.56 Å². The summed E-state index contributed by atoms with van der Waals surface area (Å²) in [7, 11) is 0. The topological polar surface area (TPSA) is 62.4 Å². The van der Waals surface area contributed by atoms with Crippen LogP contribution in [0.15, 0.2) is 48.7 Å². The Balaban J connectivity index is 2.06. The lowest BCUT2D eigenvalue weighted by Gasteiger charge is -2.22. The third-order valence-electron chi connectivity index (χ3n) is 3.22. The first-order chi connectivity index (χ1) is 10.7. The van der Waals surface area contributed by atoms with Gasteiger partial charge in [0.05, 0.1) is 13.0 Å². The average Bonchev–Trinajstić information content (AvgIpc) is 3.06. The minimum Gasteiger partial charge on any atom is -0.466 e. The van der Waals surface area contributed by atoms with E-state index in [1.807, 2.05) is 30.3 Å². The molecule has 0 saturated heterocycles. The molecule has 1 N–H and O–H groups in total. The van der Waals surface area contributed by atoms with E-state index in [1.54, 1.807) is 30.2 Å². The summed E-state index contributed by atoms with van der Waals surface area (Å²) in [4.78, 5) is 28.6. The highest BCUT2D eigenvalue weighted by Crippen LogP contribution is 2.10. The second kappa shape index (κ2) is 8.02. The van der Waals surface area contributed by atoms with Crippen LogP contribution in [0, 0.1) is 0 Å². The molecule has 0 saturated carbocycles. The molecule has 0 aliphatic heterocycles. The number of aromatic amines is 1. The van der Waals surface area contributed by atoms with Crippen molar-refractivity contribution >= 4 is 11.9 Å². The first-order valence-corrected chi connectivity index (χ1v) is 7.33. The number of amides is 1. The fourth-order valence-corrected chi connectivity index (χ4v) is 2.15. The molecule has 0 bridgehead atoms. The van der Waals surface area contributed by atoms with E-state index < -0.39 is 0 Å². The van der Waals surface area contributed by atoms with Crippen LogP contribution >= 0.6 is 0 Å². The third-order valence-corrected chi connectivity index (χ3v) is 3.22. The molecule has 116 valence electrons. The van der Waals surface area contributed by atoms with Crippen molar-refractivity contribution in [1.82, 2.24) is 9.88 Å². The fourth-order valence-electron chi connectivity index (χ4n) is 2.15. The van der Waals surface area contributed by atoms with Crippen molar-refractivity contribution in [3.05, 3.63) is 59.9 Å². The Labute approximate surface area is 129 Å². The third kappa shape index (κ3) is 4.48. The van der Waals surface area contributed by atoms with Crippen LogP contribution in [0.25, 0.3) is 0 Å². The van der Waals surface area contributed by atoms with Gasteiger partial charge in [-0.25, -0.2) is 0 Å². The van der Waals surface area contributed by atoms with E-state index in [2.05, 4.69) is 4.98 Å². The van der Waals surface area contributed by atoms with Gasteiger partial charge in [-0.1, -0.05) is 30.3 Å². The maximum Gasteiger partial charge on any atom is 0.307 e. The lowest BCUT2D eigenvalue weighted by molar-refractivity contribution is -0.143. The van der Waals surface area contributed by atoms with Gasteiger partial charge < -0.3 is 14.6 Å². The molecule has 0 aliphatic rings. The van der Waals surface area contributed by atoms with E-state index in [1.165, 1.54) is 0 Å². The predicted molar refractivity (Wildman–Crippen MR) is 83.2 cm³/mol. The Bertz CT molecular complexity index is 594. The van der Waals surface area contributed by atoms with Crippen LogP contribution in [0.1, 0.15) is 29.4 Å². The molecule has 5 heteroatoms. The summed E-state index contributed by atoms with van der Waals surface area (Å²) < 4.78 is 4.93. The van der Waals surface area contributed by atoms with Crippen molar-refractivity contribution < 1.29 is 14.3 Å². The van der Waals surface area contributed by atoms with Crippen molar-refractivity contribution in [3.8, 4) is 0 Å². The van der Waals surface area contributed by atoms with E-state index in [9.17, 15) is 9.59 Å². The van der Waals surface area contributed by atoms with Crippen molar-refractivity contribution in [2.24, 2.45) is 0 Å². The Kier molecular flexibility index (Phi) is 5.77. The summed E-state index contributed by atoms with van der Waals surface area (Å²) in [6.07, 6.45) is 1.90. The van der Waals surface area contributed by atoms with Crippen molar-refractivity contribution in [2.45, 2.75) is 19.9 Å². The highest BCUT2D eigenvalue weighted by molar-refractivity contribution is 5.92. The van der Waals surface area contributed by atoms with Gasteiger partial charge in [0.15, 0.2) is 0 Å². The second-order valence-corrected chi connectivity index (χ2v) is 4.85. The molecule has 1 heterocycles. The minimum absolute atomic E-state index is 0.127. The summed E-state index contributed by atoms with van der Waals surface area (Å²) in [5.74, 6) is -0.419. The smallest absolute Gasteiger partial charge is 0.307 e. The number of nitrogens with one attached hydrogen (secondary N) is 1. The minimum atomic E-state index is -0.292. The largest absolute Gasteiger partial charge is 0.466 e. The van der Waals surface area contributed by atoms with Gasteiger partial charge in [-0.15, -0.1) is 0 Å². The zero-order valence-electron chi connectivity index (χ0n) is 12.6. The maximum absolute atomic E-state index is 12.5. The van der Waals surface area contributed by atoms with Crippen LogP contribution < -0.4 is 0 Å².